The fraction of sp³-hybridized carbons (Fsp3) is 0.444. The van der Waals surface area contributed by atoms with Crippen LogP contribution in [0.5, 0.6) is 0 Å². The van der Waals surface area contributed by atoms with E-state index in [0.29, 0.717) is 0 Å². The number of nitrogens with zero attached hydrogens (tertiary/aromatic N) is 1. The molecule has 0 saturated heterocycles. The summed E-state index contributed by atoms with van der Waals surface area (Å²) >= 11 is 7.39. The molecule has 2 N–H and O–H groups in total. The van der Waals surface area contributed by atoms with Crippen LogP contribution in [0, 0.1) is 0 Å². The average Bonchev–Trinajstić information content (AvgIpc) is 2.51. The standard InChI is InChI=1S/C9H13ClN2S/c1-2-9(11)12-6-5-7-3-4-8(10)13-7/h3-4H,2,5-6H2,1H3,(H2,11,12). The van der Waals surface area contributed by atoms with Crippen LogP contribution in [0.15, 0.2) is 17.1 Å². The van der Waals surface area contributed by atoms with Crippen LogP contribution in [0.4, 0.5) is 0 Å². The van der Waals surface area contributed by atoms with Crippen LogP contribution in [0.1, 0.15) is 18.2 Å². The SMILES string of the molecule is CCC(N)=NCCc1ccc(Cl)s1. The number of nitrogens with two attached hydrogens (primary N) is 1. The van der Waals surface area contributed by atoms with E-state index >= 15 is 0 Å². The lowest BCUT2D eigenvalue weighted by Crippen LogP contribution is -2.10. The minimum Gasteiger partial charge on any atom is -0.387 e. The lowest BCUT2D eigenvalue weighted by molar-refractivity contribution is 0.973. The average molecular weight is 217 g/mol. The Kier molecular flexibility index (Phi) is 4.25. The van der Waals surface area contributed by atoms with Gasteiger partial charge in [-0.2, -0.15) is 0 Å². The van der Waals surface area contributed by atoms with Crippen molar-refractivity contribution in [1.82, 2.24) is 0 Å². The highest BCUT2D eigenvalue weighted by atomic mass is 35.5. The van der Waals surface area contributed by atoms with Crippen molar-refractivity contribution in [3.63, 3.8) is 0 Å². The summed E-state index contributed by atoms with van der Waals surface area (Å²) < 4.78 is 0.836. The van der Waals surface area contributed by atoms with Crippen LogP contribution in [-0.2, 0) is 6.42 Å². The normalized spacial score (nSPS) is 12.0. The maximum atomic E-state index is 5.79. The summed E-state index contributed by atoms with van der Waals surface area (Å²) in [5.74, 6) is 0.725. The summed E-state index contributed by atoms with van der Waals surface area (Å²) in [5, 5.41) is 0. The van der Waals surface area contributed by atoms with E-state index in [0.717, 1.165) is 29.6 Å². The van der Waals surface area contributed by atoms with Gasteiger partial charge in [0.2, 0.25) is 0 Å². The predicted octanol–water partition coefficient (Wildman–Crippen LogP) is 2.71. The molecule has 2 nitrogen and oxygen atoms in total. The van der Waals surface area contributed by atoms with Crippen molar-refractivity contribution in [1.29, 1.82) is 0 Å². The molecule has 1 aromatic heterocycles. The van der Waals surface area contributed by atoms with E-state index in [9.17, 15) is 0 Å². The van der Waals surface area contributed by atoms with Gasteiger partial charge in [0.25, 0.3) is 0 Å². The van der Waals surface area contributed by atoms with E-state index in [1.54, 1.807) is 11.3 Å². The third-order valence-electron chi connectivity index (χ3n) is 1.66. The third-order valence-corrected chi connectivity index (χ3v) is 2.96. The van der Waals surface area contributed by atoms with E-state index in [-0.39, 0.29) is 0 Å². The second-order valence-corrected chi connectivity index (χ2v) is 4.48. The van der Waals surface area contributed by atoms with Gasteiger partial charge in [-0.15, -0.1) is 11.3 Å². The quantitative estimate of drug-likeness (QED) is 0.610. The van der Waals surface area contributed by atoms with Crippen molar-refractivity contribution >= 4 is 28.8 Å². The van der Waals surface area contributed by atoms with Gasteiger partial charge in [0.05, 0.1) is 10.2 Å². The first-order valence-corrected chi connectivity index (χ1v) is 5.45. The molecule has 0 atom stereocenters. The second kappa shape index (κ2) is 5.25. The summed E-state index contributed by atoms with van der Waals surface area (Å²) in [4.78, 5) is 5.47. The Labute approximate surface area is 87.4 Å². The van der Waals surface area contributed by atoms with E-state index in [2.05, 4.69) is 4.99 Å². The summed E-state index contributed by atoms with van der Waals surface area (Å²) in [7, 11) is 0. The molecule has 0 aromatic carbocycles. The molecular formula is C9H13ClN2S. The molecule has 0 aliphatic rings. The molecule has 1 heterocycles. The molecule has 0 fully saturated rings. The Bertz CT molecular complexity index is 294. The highest BCUT2D eigenvalue weighted by molar-refractivity contribution is 7.16. The first kappa shape index (κ1) is 10.5. The molecule has 13 heavy (non-hydrogen) atoms. The number of hydrogen-bond donors (Lipinski definition) is 1. The van der Waals surface area contributed by atoms with Gasteiger partial charge in [-0.3, -0.25) is 4.99 Å². The van der Waals surface area contributed by atoms with Gasteiger partial charge >= 0.3 is 0 Å². The number of rotatable bonds is 4. The summed E-state index contributed by atoms with van der Waals surface area (Å²) in [6.45, 7) is 2.76. The molecule has 0 aliphatic heterocycles. The van der Waals surface area contributed by atoms with Crippen molar-refractivity contribution < 1.29 is 0 Å². The first-order chi connectivity index (χ1) is 6.22. The fourth-order valence-electron chi connectivity index (χ4n) is 0.908. The van der Waals surface area contributed by atoms with Gasteiger partial charge in [-0.25, -0.2) is 0 Å². The zero-order chi connectivity index (χ0) is 9.68. The summed E-state index contributed by atoms with van der Waals surface area (Å²) in [5.41, 5.74) is 5.57. The third kappa shape index (κ3) is 3.79. The van der Waals surface area contributed by atoms with Crippen LogP contribution in [-0.4, -0.2) is 12.4 Å². The lowest BCUT2D eigenvalue weighted by atomic mass is 10.3. The van der Waals surface area contributed by atoms with Crippen LogP contribution >= 0.6 is 22.9 Å². The molecule has 0 spiro atoms. The Balaban J connectivity index is 2.35. The summed E-state index contributed by atoms with van der Waals surface area (Å²) in [6, 6.07) is 3.94. The second-order valence-electron chi connectivity index (χ2n) is 2.68. The lowest BCUT2D eigenvalue weighted by Gasteiger charge is -1.95. The number of halogens is 1. The molecule has 0 aliphatic carbocycles. The van der Waals surface area contributed by atoms with Crippen LogP contribution in [0.25, 0.3) is 0 Å². The summed E-state index contributed by atoms with van der Waals surface area (Å²) in [6.07, 6.45) is 1.75. The molecule has 72 valence electrons. The zero-order valence-electron chi connectivity index (χ0n) is 7.59. The van der Waals surface area contributed by atoms with Crippen LogP contribution in [0.2, 0.25) is 4.34 Å². The van der Waals surface area contributed by atoms with E-state index in [1.807, 2.05) is 19.1 Å². The van der Waals surface area contributed by atoms with Gasteiger partial charge < -0.3 is 5.73 Å². The molecule has 0 amide bonds. The van der Waals surface area contributed by atoms with Crippen molar-refractivity contribution in [2.45, 2.75) is 19.8 Å². The molecule has 0 unspecified atom stereocenters. The number of hydrogen-bond acceptors (Lipinski definition) is 2. The largest absolute Gasteiger partial charge is 0.387 e. The Morgan fingerprint density at radius 3 is 2.92 bits per heavy atom. The van der Waals surface area contributed by atoms with Gasteiger partial charge in [0.15, 0.2) is 0 Å². The van der Waals surface area contributed by atoms with Gasteiger partial charge in [-0.05, 0) is 12.1 Å². The van der Waals surface area contributed by atoms with Gasteiger partial charge in [0.1, 0.15) is 0 Å². The van der Waals surface area contributed by atoms with Crippen molar-refractivity contribution in [2.24, 2.45) is 10.7 Å². The van der Waals surface area contributed by atoms with Crippen molar-refractivity contribution in [3.8, 4) is 0 Å². The number of amidine groups is 1. The Morgan fingerprint density at radius 2 is 2.38 bits per heavy atom. The van der Waals surface area contributed by atoms with Crippen molar-refractivity contribution in [3.05, 3.63) is 21.3 Å². The van der Waals surface area contributed by atoms with E-state index < -0.39 is 0 Å². The Hall–Kier alpha value is -0.540. The minimum atomic E-state index is 0.725. The molecule has 0 saturated carbocycles. The van der Waals surface area contributed by atoms with Crippen LogP contribution in [0.3, 0.4) is 0 Å². The van der Waals surface area contributed by atoms with E-state index in [4.69, 9.17) is 17.3 Å². The first-order valence-electron chi connectivity index (χ1n) is 4.25. The van der Waals surface area contributed by atoms with Gasteiger partial charge in [-0.1, -0.05) is 18.5 Å². The smallest absolute Gasteiger partial charge is 0.0934 e. The Morgan fingerprint density at radius 1 is 1.62 bits per heavy atom. The number of thiophene rings is 1. The molecule has 0 radical (unpaired) electrons. The highest BCUT2D eigenvalue weighted by Gasteiger charge is 1.96. The molecule has 1 aromatic rings. The van der Waals surface area contributed by atoms with Crippen LogP contribution < -0.4 is 5.73 Å². The minimum absolute atomic E-state index is 0.725. The molecule has 0 bridgehead atoms. The maximum Gasteiger partial charge on any atom is 0.0934 e. The van der Waals surface area contributed by atoms with Crippen molar-refractivity contribution in [2.75, 3.05) is 6.54 Å². The molecular weight excluding hydrogens is 204 g/mol. The van der Waals surface area contributed by atoms with E-state index in [1.165, 1.54) is 4.88 Å². The number of aliphatic imine (C=N–C) groups is 1. The van der Waals surface area contributed by atoms with Gasteiger partial charge in [0, 0.05) is 24.3 Å². The molecule has 1 rings (SSSR count). The highest BCUT2D eigenvalue weighted by Crippen LogP contribution is 2.21. The zero-order valence-corrected chi connectivity index (χ0v) is 9.16. The maximum absolute atomic E-state index is 5.79. The predicted molar refractivity (Wildman–Crippen MR) is 59.8 cm³/mol. The monoisotopic (exact) mass is 216 g/mol. The topological polar surface area (TPSA) is 38.4 Å². The fourth-order valence-corrected chi connectivity index (χ4v) is 1.98. The molecule has 4 heteroatoms.